The Hall–Kier alpha value is -1.18. The molecule has 2 aromatic carbocycles. The molecule has 1 fully saturated rings. The lowest BCUT2D eigenvalue weighted by atomic mass is 9.61. The molecule has 2 unspecified atom stereocenters. The standard InChI is InChI=1S/C21H23Cl2N/c1-14-12-16(22)19(23)18(13-14)24-17-9-5-4-8-15(17)20(2)10-6-7-11-21(20,24)3/h4-5,8-9,12-13H,6-7,10-11H2,1-3H3. The van der Waals surface area contributed by atoms with E-state index in [-0.39, 0.29) is 11.0 Å². The number of aryl methyl sites for hydroxylation is 1. The molecular formula is C21H23Cl2N. The molecule has 126 valence electrons. The Morgan fingerprint density at radius 3 is 2.46 bits per heavy atom. The number of anilines is 2. The third-order valence-corrected chi connectivity index (χ3v) is 7.20. The predicted molar refractivity (Wildman–Crippen MR) is 104 cm³/mol. The third kappa shape index (κ3) is 2.01. The number of para-hydroxylation sites is 1. The van der Waals surface area contributed by atoms with Gasteiger partial charge in [-0.15, -0.1) is 0 Å². The zero-order valence-electron chi connectivity index (χ0n) is 14.5. The van der Waals surface area contributed by atoms with E-state index in [0.29, 0.717) is 10.0 Å². The van der Waals surface area contributed by atoms with Gasteiger partial charge in [-0.25, -0.2) is 0 Å². The van der Waals surface area contributed by atoms with Gasteiger partial charge in [-0.3, -0.25) is 0 Å². The van der Waals surface area contributed by atoms with Gasteiger partial charge in [-0.05, 0) is 56.0 Å². The number of rotatable bonds is 1. The molecule has 0 amide bonds. The molecule has 1 aliphatic heterocycles. The SMILES string of the molecule is Cc1cc(Cl)c(Cl)c(N2c3ccccc3C3(C)CCCCC23C)c1. The summed E-state index contributed by atoms with van der Waals surface area (Å²) in [6.45, 7) is 6.91. The smallest absolute Gasteiger partial charge is 0.0829 e. The average Bonchev–Trinajstić information content (AvgIpc) is 2.76. The summed E-state index contributed by atoms with van der Waals surface area (Å²) < 4.78 is 0. The van der Waals surface area contributed by atoms with Gasteiger partial charge in [0.25, 0.3) is 0 Å². The number of halogens is 2. The molecule has 0 spiro atoms. The third-order valence-electron chi connectivity index (χ3n) is 6.41. The van der Waals surface area contributed by atoms with E-state index in [1.165, 1.54) is 36.9 Å². The van der Waals surface area contributed by atoms with Gasteiger partial charge >= 0.3 is 0 Å². The van der Waals surface area contributed by atoms with E-state index < -0.39 is 0 Å². The van der Waals surface area contributed by atoms with Crippen LogP contribution in [0.2, 0.25) is 10.0 Å². The fourth-order valence-corrected chi connectivity index (χ4v) is 5.40. The van der Waals surface area contributed by atoms with Crippen molar-refractivity contribution in [2.75, 3.05) is 4.90 Å². The Bertz CT molecular complexity index is 815. The molecule has 1 heterocycles. The molecule has 4 rings (SSSR count). The Kier molecular flexibility index (Phi) is 3.67. The summed E-state index contributed by atoms with van der Waals surface area (Å²) in [6, 6.07) is 12.9. The van der Waals surface area contributed by atoms with E-state index >= 15 is 0 Å². The number of hydrogen-bond acceptors (Lipinski definition) is 1. The fraction of sp³-hybridized carbons (Fsp3) is 0.429. The minimum atomic E-state index is 0.0235. The highest BCUT2D eigenvalue weighted by molar-refractivity contribution is 6.44. The summed E-state index contributed by atoms with van der Waals surface area (Å²) in [5, 5.41) is 1.30. The van der Waals surface area contributed by atoms with Crippen LogP contribution in [0.3, 0.4) is 0 Å². The molecule has 2 atom stereocenters. The van der Waals surface area contributed by atoms with Crippen molar-refractivity contribution in [1.29, 1.82) is 0 Å². The van der Waals surface area contributed by atoms with Crippen LogP contribution in [-0.4, -0.2) is 5.54 Å². The first-order valence-corrected chi connectivity index (χ1v) is 9.49. The number of nitrogens with zero attached hydrogens (tertiary/aromatic N) is 1. The highest BCUT2D eigenvalue weighted by atomic mass is 35.5. The Morgan fingerprint density at radius 1 is 0.958 bits per heavy atom. The molecule has 0 N–H and O–H groups in total. The van der Waals surface area contributed by atoms with E-state index in [9.17, 15) is 0 Å². The van der Waals surface area contributed by atoms with Crippen LogP contribution in [0, 0.1) is 6.92 Å². The predicted octanol–water partition coefficient (Wildman–Crippen LogP) is 7.04. The summed E-state index contributed by atoms with van der Waals surface area (Å²) in [4.78, 5) is 2.47. The quantitative estimate of drug-likeness (QED) is 0.527. The van der Waals surface area contributed by atoms with E-state index in [1.54, 1.807) is 0 Å². The monoisotopic (exact) mass is 359 g/mol. The maximum absolute atomic E-state index is 6.68. The Morgan fingerprint density at radius 2 is 1.67 bits per heavy atom. The van der Waals surface area contributed by atoms with Crippen LogP contribution in [-0.2, 0) is 5.41 Å². The highest BCUT2D eigenvalue weighted by Gasteiger charge is 2.57. The van der Waals surface area contributed by atoms with Crippen molar-refractivity contribution < 1.29 is 0 Å². The summed E-state index contributed by atoms with van der Waals surface area (Å²) >= 11 is 13.1. The first-order valence-electron chi connectivity index (χ1n) is 8.74. The van der Waals surface area contributed by atoms with Crippen molar-refractivity contribution in [3.63, 3.8) is 0 Å². The van der Waals surface area contributed by atoms with Gasteiger partial charge in [0.15, 0.2) is 0 Å². The highest BCUT2D eigenvalue weighted by Crippen LogP contribution is 2.61. The molecule has 1 aliphatic carbocycles. The van der Waals surface area contributed by atoms with Crippen LogP contribution in [0.4, 0.5) is 11.4 Å². The fourth-order valence-electron chi connectivity index (χ4n) is 4.94. The van der Waals surface area contributed by atoms with Gasteiger partial charge in [-0.1, -0.05) is 61.2 Å². The van der Waals surface area contributed by atoms with Crippen molar-refractivity contribution >= 4 is 34.6 Å². The van der Waals surface area contributed by atoms with Crippen LogP contribution < -0.4 is 4.90 Å². The minimum Gasteiger partial charge on any atom is -0.333 e. The summed E-state index contributed by atoms with van der Waals surface area (Å²) in [7, 11) is 0. The van der Waals surface area contributed by atoms with E-state index in [0.717, 1.165) is 11.3 Å². The Balaban J connectivity index is 2.02. The lowest BCUT2D eigenvalue weighted by Gasteiger charge is -2.50. The zero-order valence-corrected chi connectivity index (χ0v) is 16.0. The maximum atomic E-state index is 6.68. The minimum absolute atomic E-state index is 0.0235. The average molecular weight is 360 g/mol. The molecule has 2 aromatic rings. The first kappa shape index (κ1) is 16.3. The van der Waals surface area contributed by atoms with Crippen molar-refractivity contribution in [3.8, 4) is 0 Å². The summed E-state index contributed by atoms with van der Waals surface area (Å²) in [6.07, 6.45) is 4.93. The molecule has 0 saturated heterocycles. The zero-order chi connectivity index (χ0) is 17.1. The summed E-state index contributed by atoms with van der Waals surface area (Å²) in [5.41, 5.74) is 5.08. The first-order chi connectivity index (χ1) is 11.4. The van der Waals surface area contributed by atoms with Crippen molar-refractivity contribution in [3.05, 3.63) is 57.6 Å². The normalized spacial score (nSPS) is 28.6. The second-order valence-corrected chi connectivity index (χ2v) is 8.53. The number of fused-ring (bicyclic) bond motifs is 3. The molecule has 0 aromatic heterocycles. The molecule has 24 heavy (non-hydrogen) atoms. The van der Waals surface area contributed by atoms with Gasteiger partial charge in [-0.2, -0.15) is 0 Å². The Labute approximate surface area is 154 Å². The van der Waals surface area contributed by atoms with Crippen LogP contribution in [0.1, 0.15) is 50.7 Å². The largest absolute Gasteiger partial charge is 0.333 e. The van der Waals surface area contributed by atoms with E-state index in [2.05, 4.69) is 56.0 Å². The van der Waals surface area contributed by atoms with Crippen LogP contribution in [0.5, 0.6) is 0 Å². The van der Waals surface area contributed by atoms with Crippen molar-refractivity contribution in [1.82, 2.24) is 0 Å². The number of benzene rings is 2. The van der Waals surface area contributed by atoms with Gasteiger partial charge in [0.2, 0.25) is 0 Å². The van der Waals surface area contributed by atoms with Gasteiger partial charge in [0.1, 0.15) is 0 Å². The van der Waals surface area contributed by atoms with Gasteiger partial charge in [0, 0.05) is 11.1 Å². The van der Waals surface area contributed by atoms with Crippen LogP contribution in [0.25, 0.3) is 0 Å². The van der Waals surface area contributed by atoms with Crippen molar-refractivity contribution in [2.24, 2.45) is 0 Å². The van der Waals surface area contributed by atoms with Crippen molar-refractivity contribution in [2.45, 2.75) is 57.4 Å². The molecule has 0 radical (unpaired) electrons. The topological polar surface area (TPSA) is 3.24 Å². The summed E-state index contributed by atoms with van der Waals surface area (Å²) in [5.74, 6) is 0. The lowest BCUT2D eigenvalue weighted by Crippen LogP contribution is -2.54. The molecule has 1 nitrogen and oxygen atoms in total. The van der Waals surface area contributed by atoms with Crippen LogP contribution in [0.15, 0.2) is 36.4 Å². The second kappa shape index (κ2) is 5.41. The number of hydrogen-bond donors (Lipinski definition) is 0. The van der Waals surface area contributed by atoms with Gasteiger partial charge in [0.05, 0.1) is 21.3 Å². The van der Waals surface area contributed by atoms with E-state index in [1.807, 2.05) is 6.07 Å². The molecule has 1 saturated carbocycles. The molecule has 3 heteroatoms. The second-order valence-electron chi connectivity index (χ2n) is 7.75. The molecular weight excluding hydrogens is 337 g/mol. The van der Waals surface area contributed by atoms with Crippen LogP contribution >= 0.6 is 23.2 Å². The van der Waals surface area contributed by atoms with E-state index in [4.69, 9.17) is 23.2 Å². The lowest BCUT2D eigenvalue weighted by molar-refractivity contribution is 0.195. The maximum Gasteiger partial charge on any atom is 0.0829 e. The molecule has 0 bridgehead atoms. The molecule has 2 aliphatic rings. The van der Waals surface area contributed by atoms with Gasteiger partial charge < -0.3 is 4.90 Å².